The minimum absolute atomic E-state index is 0.342. The lowest BCUT2D eigenvalue weighted by Crippen LogP contribution is -2.20. The van der Waals surface area contributed by atoms with Crippen molar-refractivity contribution >= 4 is 23.2 Å². The number of benzene rings is 1. The summed E-state index contributed by atoms with van der Waals surface area (Å²) in [5, 5.41) is 3.52. The minimum Gasteiger partial charge on any atom is -0.454 e. The molecule has 0 bridgehead atoms. The summed E-state index contributed by atoms with van der Waals surface area (Å²) < 4.78 is 151. The molecular formula is C18H7ClF11N3O2. The summed E-state index contributed by atoms with van der Waals surface area (Å²) in [6.07, 6.45) is -12.5. The second kappa shape index (κ2) is 9.39. The van der Waals surface area contributed by atoms with Crippen LogP contribution >= 0.6 is 11.6 Å². The van der Waals surface area contributed by atoms with E-state index in [0.717, 1.165) is 12.1 Å². The Labute approximate surface area is 191 Å². The molecule has 0 aliphatic heterocycles. The van der Waals surface area contributed by atoms with Gasteiger partial charge in [-0.25, -0.2) is 35.1 Å². The number of amides is 1. The van der Waals surface area contributed by atoms with Gasteiger partial charge < -0.3 is 9.73 Å². The van der Waals surface area contributed by atoms with Crippen molar-refractivity contribution in [2.45, 2.75) is 25.6 Å². The first-order chi connectivity index (χ1) is 16.1. The van der Waals surface area contributed by atoms with Crippen molar-refractivity contribution in [2.75, 3.05) is 5.32 Å². The van der Waals surface area contributed by atoms with Crippen LogP contribution < -0.4 is 5.32 Å². The molecule has 0 saturated heterocycles. The fraction of sp³-hybridized carbons (Fsp3) is 0.222. The van der Waals surface area contributed by atoms with E-state index in [0.29, 0.717) is 4.68 Å². The monoisotopic (exact) mass is 541 g/mol. The molecule has 0 fully saturated rings. The second-order valence-electron chi connectivity index (χ2n) is 6.57. The molecule has 2 heterocycles. The molecule has 0 saturated carbocycles. The van der Waals surface area contributed by atoms with Crippen molar-refractivity contribution in [2.24, 2.45) is 0 Å². The number of rotatable bonds is 6. The van der Waals surface area contributed by atoms with Crippen LogP contribution in [-0.2, 0) is 12.7 Å². The Balaban J connectivity index is 1.89. The number of alkyl halides is 7. The zero-order valence-corrected chi connectivity index (χ0v) is 17.0. The zero-order valence-electron chi connectivity index (χ0n) is 16.3. The van der Waals surface area contributed by atoms with Gasteiger partial charge in [0.1, 0.15) is 28.4 Å². The van der Waals surface area contributed by atoms with Gasteiger partial charge in [0.2, 0.25) is 0 Å². The molecule has 3 rings (SSSR count). The highest BCUT2D eigenvalue weighted by molar-refractivity contribution is 6.32. The lowest BCUT2D eigenvalue weighted by Gasteiger charge is -2.14. The van der Waals surface area contributed by atoms with Crippen LogP contribution in [0.2, 0.25) is 5.02 Å². The van der Waals surface area contributed by atoms with Crippen molar-refractivity contribution in [1.82, 2.24) is 9.78 Å². The molecule has 35 heavy (non-hydrogen) atoms. The molecule has 17 heteroatoms. The number of halogens is 12. The molecule has 0 aliphatic rings. The van der Waals surface area contributed by atoms with Crippen LogP contribution in [0.1, 0.15) is 46.1 Å². The largest absolute Gasteiger partial charge is 0.454 e. The van der Waals surface area contributed by atoms with E-state index in [9.17, 15) is 53.1 Å². The number of hydrogen-bond donors (Lipinski definition) is 1. The highest BCUT2D eigenvalue weighted by Crippen LogP contribution is 2.39. The third kappa shape index (κ3) is 4.92. The van der Waals surface area contributed by atoms with Crippen LogP contribution in [0, 0.1) is 23.3 Å². The predicted octanol–water partition coefficient (Wildman–Crippen LogP) is 6.88. The Morgan fingerprint density at radius 1 is 1.00 bits per heavy atom. The quantitative estimate of drug-likeness (QED) is 0.273. The van der Waals surface area contributed by atoms with Gasteiger partial charge in [-0.2, -0.15) is 18.3 Å². The summed E-state index contributed by atoms with van der Waals surface area (Å²) in [5.74, 6) is -13.7. The molecule has 1 amide bonds. The van der Waals surface area contributed by atoms with Crippen LogP contribution in [0.15, 0.2) is 16.5 Å². The Kier molecular flexibility index (Phi) is 7.06. The second-order valence-corrected chi connectivity index (χ2v) is 6.95. The smallest absolute Gasteiger partial charge is 0.422 e. The number of nitrogens with zero attached hydrogens (tertiary/aromatic N) is 2. The van der Waals surface area contributed by atoms with Gasteiger partial charge >= 0.3 is 6.18 Å². The van der Waals surface area contributed by atoms with Crippen molar-refractivity contribution in [3.05, 3.63) is 68.9 Å². The zero-order chi connectivity index (χ0) is 26.4. The fourth-order valence-electron chi connectivity index (χ4n) is 2.84. The van der Waals surface area contributed by atoms with Gasteiger partial charge in [0, 0.05) is 0 Å². The summed E-state index contributed by atoms with van der Waals surface area (Å²) in [4.78, 5) is 12.1. The van der Waals surface area contributed by atoms with E-state index < -0.39 is 93.9 Å². The van der Waals surface area contributed by atoms with E-state index in [2.05, 4.69) is 5.10 Å². The Morgan fingerprint density at radius 3 is 2.06 bits per heavy atom. The average Bonchev–Trinajstić information content (AvgIpc) is 3.33. The molecule has 0 spiro atoms. The van der Waals surface area contributed by atoms with Crippen LogP contribution in [0.5, 0.6) is 0 Å². The van der Waals surface area contributed by atoms with Crippen molar-refractivity contribution in [1.29, 1.82) is 0 Å². The Morgan fingerprint density at radius 2 is 1.57 bits per heavy atom. The normalized spacial score (nSPS) is 12.2. The number of furan rings is 1. The average molecular weight is 542 g/mol. The molecule has 2 aromatic heterocycles. The van der Waals surface area contributed by atoms with Crippen LogP contribution in [0.3, 0.4) is 0 Å². The molecule has 1 aromatic carbocycles. The molecule has 1 N–H and O–H groups in total. The molecule has 190 valence electrons. The van der Waals surface area contributed by atoms with Gasteiger partial charge in [0.15, 0.2) is 29.0 Å². The molecule has 0 atom stereocenters. The molecule has 3 aromatic rings. The fourth-order valence-corrected chi connectivity index (χ4v) is 3.14. The molecule has 0 aliphatic carbocycles. The van der Waals surface area contributed by atoms with Gasteiger partial charge in [-0.1, -0.05) is 11.6 Å². The van der Waals surface area contributed by atoms with Crippen molar-refractivity contribution in [3.63, 3.8) is 0 Å². The third-order valence-corrected chi connectivity index (χ3v) is 4.73. The van der Waals surface area contributed by atoms with Crippen LogP contribution in [0.25, 0.3) is 0 Å². The lowest BCUT2D eigenvalue weighted by molar-refractivity contribution is -0.143. The maximum atomic E-state index is 13.9. The van der Waals surface area contributed by atoms with E-state index in [4.69, 9.17) is 16.0 Å². The summed E-state index contributed by atoms with van der Waals surface area (Å²) in [5.41, 5.74) is -7.04. The van der Waals surface area contributed by atoms with E-state index >= 15 is 0 Å². The number of carbonyl (C=O) groups excluding carboxylic acids is 1. The first-order valence-corrected chi connectivity index (χ1v) is 9.18. The minimum atomic E-state index is -5.80. The Hall–Kier alpha value is -3.30. The number of carbonyl (C=O) groups is 1. The van der Waals surface area contributed by atoms with Crippen LogP contribution in [-0.4, -0.2) is 15.7 Å². The highest BCUT2D eigenvalue weighted by Gasteiger charge is 2.42. The van der Waals surface area contributed by atoms with E-state index in [1.807, 2.05) is 0 Å². The molecule has 0 radical (unpaired) electrons. The van der Waals surface area contributed by atoms with Gasteiger partial charge in [-0.15, -0.1) is 0 Å². The van der Waals surface area contributed by atoms with E-state index in [-0.39, 0.29) is 0 Å². The first-order valence-electron chi connectivity index (χ1n) is 8.80. The molecule has 5 nitrogen and oxygen atoms in total. The SMILES string of the molecule is O=C(Nc1c(F)c(F)c(C(F)(F)F)c(F)c1F)c1ccc(Cn2nc(C(F)F)c(Cl)c2C(F)F)o1. The summed E-state index contributed by atoms with van der Waals surface area (Å²) in [7, 11) is 0. The maximum absolute atomic E-state index is 13.9. The van der Waals surface area contributed by atoms with E-state index in [1.165, 1.54) is 5.32 Å². The molecular weight excluding hydrogens is 535 g/mol. The number of aromatic nitrogens is 2. The topological polar surface area (TPSA) is 60.1 Å². The molecule has 0 unspecified atom stereocenters. The van der Waals surface area contributed by atoms with Crippen LogP contribution in [0.4, 0.5) is 54.0 Å². The third-order valence-electron chi connectivity index (χ3n) is 4.35. The van der Waals surface area contributed by atoms with Crippen molar-refractivity contribution < 1.29 is 57.5 Å². The van der Waals surface area contributed by atoms with Gasteiger partial charge in [0.05, 0.1) is 11.6 Å². The highest BCUT2D eigenvalue weighted by atomic mass is 35.5. The standard InChI is InChI=1S/C18H7ClF11N3O2/c19-7-12(15(24)25)32-33(14(7)16(26)27)3-4-1-2-5(35-4)17(34)31-13-10(22)8(20)6(18(28,29)30)9(21)11(13)23/h1-2,15-16H,3H2,(H,31,34). The maximum Gasteiger partial charge on any atom is 0.422 e. The van der Waals surface area contributed by atoms with Gasteiger partial charge in [0.25, 0.3) is 18.8 Å². The van der Waals surface area contributed by atoms with Gasteiger partial charge in [-0.05, 0) is 12.1 Å². The van der Waals surface area contributed by atoms with E-state index in [1.54, 1.807) is 0 Å². The number of nitrogens with one attached hydrogen (secondary N) is 1. The first kappa shape index (κ1) is 26.3. The summed E-state index contributed by atoms with van der Waals surface area (Å²) in [6, 6.07) is 1.70. The number of anilines is 1. The predicted molar refractivity (Wildman–Crippen MR) is 94.2 cm³/mol. The summed E-state index contributed by atoms with van der Waals surface area (Å²) >= 11 is 5.49. The van der Waals surface area contributed by atoms with Gasteiger partial charge in [-0.3, -0.25) is 9.48 Å². The summed E-state index contributed by atoms with van der Waals surface area (Å²) in [6.45, 7) is -0.786. The Bertz CT molecular complexity index is 1250. The number of hydrogen-bond acceptors (Lipinski definition) is 3. The lowest BCUT2D eigenvalue weighted by atomic mass is 10.1. The van der Waals surface area contributed by atoms with Crippen molar-refractivity contribution in [3.8, 4) is 0 Å².